The van der Waals surface area contributed by atoms with Crippen LogP contribution in [0.1, 0.15) is 30.5 Å². The Balaban J connectivity index is 2.06. The van der Waals surface area contributed by atoms with Crippen molar-refractivity contribution in [3.05, 3.63) is 100 Å². The van der Waals surface area contributed by atoms with Crippen LogP contribution in [0.3, 0.4) is 0 Å². The molecule has 7 nitrogen and oxygen atoms in total. The number of hydrogen-bond donors (Lipinski definition) is 1. The lowest BCUT2D eigenvalue weighted by molar-refractivity contribution is -0.140. The SMILES string of the molecule is Cc1cccc(N(CC(=O)N(Cc2cccc(Br)c2)C(Cc2ccccc2)C(=O)NC(C)C)S(C)(=O)=O)c1. The molecule has 0 aliphatic carbocycles. The van der Waals surface area contributed by atoms with Crippen molar-refractivity contribution in [2.24, 2.45) is 0 Å². The first-order chi connectivity index (χ1) is 17.9. The fraction of sp³-hybridized carbons (Fsp3) is 0.310. The molecule has 1 unspecified atom stereocenters. The summed E-state index contributed by atoms with van der Waals surface area (Å²) in [7, 11) is -3.79. The highest BCUT2D eigenvalue weighted by atomic mass is 79.9. The maximum atomic E-state index is 14.0. The molecule has 0 fully saturated rings. The van der Waals surface area contributed by atoms with Crippen LogP contribution in [0, 0.1) is 6.92 Å². The van der Waals surface area contributed by atoms with Crippen molar-refractivity contribution in [3.8, 4) is 0 Å². The van der Waals surface area contributed by atoms with Gasteiger partial charge in [-0.15, -0.1) is 0 Å². The molecule has 3 aromatic carbocycles. The lowest BCUT2D eigenvalue weighted by Crippen LogP contribution is -2.54. The fourth-order valence-corrected chi connectivity index (χ4v) is 5.45. The van der Waals surface area contributed by atoms with Gasteiger partial charge in [-0.1, -0.05) is 70.5 Å². The third-order valence-corrected chi connectivity index (χ3v) is 7.55. The van der Waals surface area contributed by atoms with E-state index in [1.807, 2.05) is 81.4 Å². The van der Waals surface area contributed by atoms with Gasteiger partial charge in [0.1, 0.15) is 12.6 Å². The maximum absolute atomic E-state index is 14.0. The van der Waals surface area contributed by atoms with Gasteiger partial charge in [0.2, 0.25) is 21.8 Å². The van der Waals surface area contributed by atoms with Crippen LogP contribution in [0.25, 0.3) is 0 Å². The highest BCUT2D eigenvalue weighted by molar-refractivity contribution is 9.10. The molecule has 1 atom stereocenters. The average molecular weight is 601 g/mol. The Hall–Kier alpha value is -3.17. The Morgan fingerprint density at radius 1 is 0.921 bits per heavy atom. The molecule has 0 saturated carbocycles. The van der Waals surface area contributed by atoms with Crippen molar-refractivity contribution in [2.75, 3.05) is 17.1 Å². The summed E-state index contributed by atoms with van der Waals surface area (Å²) in [5.74, 6) is -0.773. The summed E-state index contributed by atoms with van der Waals surface area (Å²) in [6.45, 7) is 5.28. The molecule has 0 aliphatic rings. The lowest BCUT2D eigenvalue weighted by Gasteiger charge is -2.34. The first-order valence-electron chi connectivity index (χ1n) is 12.4. The van der Waals surface area contributed by atoms with Gasteiger partial charge in [-0.05, 0) is 61.7 Å². The van der Waals surface area contributed by atoms with Crippen LogP contribution < -0.4 is 9.62 Å². The number of aryl methyl sites for hydroxylation is 1. The monoisotopic (exact) mass is 599 g/mol. The minimum absolute atomic E-state index is 0.132. The molecule has 0 aromatic heterocycles. The molecule has 3 aromatic rings. The van der Waals surface area contributed by atoms with Gasteiger partial charge in [0.25, 0.3) is 0 Å². The first-order valence-corrected chi connectivity index (χ1v) is 15.0. The summed E-state index contributed by atoms with van der Waals surface area (Å²) < 4.78 is 27.6. The second-order valence-electron chi connectivity index (χ2n) is 9.63. The molecule has 1 N–H and O–H groups in total. The number of carbonyl (C=O) groups is 2. The van der Waals surface area contributed by atoms with E-state index in [9.17, 15) is 18.0 Å². The molecule has 3 rings (SSSR count). The molecular formula is C29H34BrN3O4S. The third kappa shape index (κ3) is 8.43. The van der Waals surface area contributed by atoms with Gasteiger partial charge in [-0.3, -0.25) is 13.9 Å². The second-order valence-corrected chi connectivity index (χ2v) is 12.5. The summed E-state index contributed by atoms with van der Waals surface area (Å²) in [5, 5.41) is 2.94. The van der Waals surface area contributed by atoms with E-state index < -0.39 is 28.5 Å². The number of anilines is 1. The van der Waals surface area contributed by atoms with Crippen LogP contribution in [0.15, 0.2) is 83.3 Å². The van der Waals surface area contributed by atoms with E-state index in [0.29, 0.717) is 5.69 Å². The van der Waals surface area contributed by atoms with Crippen molar-refractivity contribution in [2.45, 2.75) is 45.8 Å². The molecule has 0 aliphatic heterocycles. The van der Waals surface area contributed by atoms with Crippen molar-refractivity contribution in [1.82, 2.24) is 10.2 Å². The number of nitrogens with zero attached hydrogens (tertiary/aromatic N) is 2. The first kappa shape index (κ1) is 29.4. The van der Waals surface area contributed by atoms with E-state index >= 15 is 0 Å². The van der Waals surface area contributed by atoms with Crippen molar-refractivity contribution < 1.29 is 18.0 Å². The van der Waals surface area contributed by atoms with Crippen LogP contribution in [0.4, 0.5) is 5.69 Å². The topological polar surface area (TPSA) is 86.8 Å². The molecule has 38 heavy (non-hydrogen) atoms. The molecule has 9 heteroatoms. The molecular weight excluding hydrogens is 566 g/mol. The maximum Gasteiger partial charge on any atom is 0.244 e. The Labute approximate surface area is 234 Å². The summed E-state index contributed by atoms with van der Waals surface area (Å²) in [6, 6.07) is 23.0. The summed E-state index contributed by atoms with van der Waals surface area (Å²) >= 11 is 3.48. The highest BCUT2D eigenvalue weighted by Gasteiger charge is 2.33. The lowest BCUT2D eigenvalue weighted by atomic mass is 10.0. The number of rotatable bonds is 11. The van der Waals surface area contributed by atoms with Crippen LogP contribution in [-0.2, 0) is 32.6 Å². The van der Waals surface area contributed by atoms with E-state index in [4.69, 9.17) is 0 Å². The molecule has 0 bridgehead atoms. The number of sulfonamides is 1. The minimum Gasteiger partial charge on any atom is -0.352 e. The van der Waals surface area contributed by atoms with Crippen LogP contribution in [0.2, 0.25) is 0 Å². The van der Waals surface area contributed by atoms with E-state index in [2.05, 4.69) is 21.2 Å². The Morgan fingerprint density at radius 2 is 1.58 bits per heavy atom. The zero-order chi connectivity index (χ0) is 27.9. The van der Waals surface area contributed by atoms with Gasteiger partial charge in [-0.2, -0.15) is 0 Å². The Morgan fingerprint density at radius 3 is 2.18 bits per heavy atom. The number of halogens is 1. The number of hydrogen-bond acceptors (Lipinski definition) is 4. The van der Waals surface area contributed by atoms with E-state index in [-0.39, 0.29) is 24.9 Å². The Kier molecular flexibility index (Phi) is 10.1. The molecule has 2 amide bonds. The number of carbonyl (C=O) groups excluding carboxylic acids is 2. The Bertz CT molecular complexity index is 1360. The summed E-state index contributed by atoms with van der Waals surface area (Å²) in [5.41, 5.74) is 2.97. The predicted octanol–water partition coefficient (Wildman–Crippen LogP) is 4.69. The fourth-order valence-electron chi connectivity index (χ4n) is 4.16. The van der Waals surface area contributed by atoms with Gasteiger partial charge in [-0.25, -0.2) is 8.42 Å². The smallest absolute Gasteiger partial charge is 0.244 e. The van der Waals surface area contributed by atoms with E-state index in [0.717, 1.165) is 31.7 Å². The summed E-state index contributed by atoms with van der Waals surface area (Å²) in [4.78, 5) is 29.0. The normalized spacial score (nSPS) is 12.2. The minimum atomic E-state index is -3.79. The molecule has 0 saturated heterocycles. The van der Waals surface area contributed by atoms with Gasteiger partial charge < -0.3 is 10.2 Å². The quantitative estimate of drug-likeness (QED) is 0.346. The standard InChI is InChI=1S/C29H34BrN3O4S/c1-21(2)31-29(35)27(18-23-11-6-5-7-12-23)32(19-24-13-9-14-25(30)17-24)28(34)20-33(38(4,36)37)26-15-8-10-22(3)16-26/h5-17,21,27H,18-20H2,1-4H3,(H,31,35). The van der Waals surface area contributed by atoms with Gasteiger partial charge in [0, 0.05) is 23.5 Å². The van der Waals surface area contributed by atoms with Gasteiger partial charge >= 0.3 is 0 Å². The van der Waals surface area contributed by atoms with Gasteiger partial charge in [0.15, 0.2) is 0 Å². The highest BCUT2D eigenvalue weighted by Crippen LogP contribution is 2.22. The molecule has 0 heterocycles. The van der Waals surface area contributed by atoms with Crippen molar-refractivity contribution in [3.63, 3.8) is 0 Å². The van der Waals surface area contributed by atoms with Gasteiger partial charge in [0.05, 0.1) is 11.9 Å². The number of benzene rings is 3. The zero-order valence-electron chi connectivity index (χ0n) is 22.1. The predicted molar refractivity (Wildman–Crippen MR) is 155 cm³/mol. The third-order valence-electron chi connectivity index (χ3n) is 5.91. The molecule has 0 spiro atoms. The van der Waals surface area contributed by atoms with Crippen molar-refractivity contribution >= 4 is 43.5 Å². The van der Waals surface area contributed by atoms with Crippen molar-refractivity contribution in [1.29, 1.82) is 0 Å². The number of nitrogens with one attached hydrogen (secondary N) is 1. The molecule has 0 radical (unpaired) electrons. The average Bonchev–Trinajstić information content (AvgIpc) is 2.84. The van der Waals surface area contributed by atoms with E-state index in [1.165, 1.54) is 4.90 Å². The second kappa shape index (κ2) is 13.1. The molecule has 202 valence electrons. The van der Waals surface area contributed by atoms with Crippen LogP contribution >= 0.6 is 15.9 Å². The van der Waals surface area contributed by atoms with Crippen LogP contribution in [-0.4, -0.2) is 50.0 Å². The number of amides is 2. The zero-order valence-corrected chi connectivity index (χ0v) is 24.5. The van der Waals surface area contributed by atoms with E-state index in [1.54, 1.807) is 18.2 Å². The summed E-state index contributed by atoms with van der Waals surface area (Å²) in [6.07, 6.45) is 1.36. The van der Waals surface area contributed by atoms with Crippen LogP contribution in [0.5, 0.6) is 0 Å². The largest absolute Gasteiger partial charge is 0.352 e.